The lowest BCUT2D eigenvalue weighted by atomic mass is 10.1. The molecular weight excluding hydrogens is 258 g/mol. The number of amides is 1. The summed E-state index contributed by atoms with van der Waals surface area (Å²) in [6.07, 6.45) is 3.89. The Morgan fingerprint density at radius 3 is 2.80 bits per heavy atom. The third-order valence-corrected chi connectivity index (χ3v) is 3.52. The molecule has 1 amide bonds. The number of carbonyl (C=O) groups is 2. The molecule has 2 N–H and O–H groups in total. The normalized spacial score (nSPS) is 18.9. The van der Waals surface area contributed by atoms with Crippen molar-refractivity contribution in [2.45, 2.75) is 31.7 Å². The fourth-order valence-electron chi connectivity index (χ4n) is 2.43. The quantitative estimate of drug-likeness (QED) is 0.855. The van der Waals surface area contributed by atoms with Crippen molar-refractivity contribution in [1.82, 2.24) is 9.88 Å². The Bertz CT molecular complexity index is 487. The highest BCUT2D eigenvalue weighted by Gasteiger charge is 2.22. The third-order valence-electron chi connectivity index (χ3n) is 3.52. The molecule has 6 heteroatoms. The van der Waals surface area contributed by atoms with E-state index < -0.39 is 5.97 Å². The Morgan fingerprint density at radius 1 is 1.45 bits per heavy atom. The first-order valence-electron chi connectivity index (χ1n) is 6.74. The Morgan fingerprint density at radius 2 is 2.25 bits per heavy atom. The van der Waals surface area contributed by atoms with Crippen molar-refractivity contribution in [2.75, 3.05) is 18.9 Å². The molecule has 1 aliphatic heterocycles. The summed E-state index contributed by atoms with van der Waals surface area (Å²) < 4.78 is 0. The molecule has 0 aliphatic carbocycles. The molecule has 1 saturated heterocycles. The summed E-state index contributed by atoms with van der Waals surface area (Å²) in [7, 11) is 2.10. The minimum atomic E-state index is -0.979. The van der Waals surface area contributed by atoms with Gasteiger partial charge in [-0.3, -0.25) is 14.5 Å². The van der Waals surface area contributed by atoms with Crippen LogP contribution >= 0.6 is 0 Å². The number of aromatic nitrogens is 1. The first kappa shape index (κ1) is 14.5. The van der Waals surface area contributed by atoms with E-state index in [-0.39, 0.29) is 18.7 Å². The fourth-order valence-corrected chi connectivity index (χ4v) is 2.43. The lowest BCUT2D eigenvalue weighted by Gasteiger charge is -2.19. The average molecular weight is 277 g/mol. The Labute approximate surface area is 117 Å². The molecule has 2 heterocycles. The smallest absolute Gasteiger partial charge is 0.303 e. The largest absolute Gasteiger partial charge is 0.481 e. The van der Waals surface area contributed by atoms with Crippen molar-refractivity contribution in [3.8, 4) is 0 Å². The van der Waals surface area contributed by atoms with Gasteiger partial charge in [0.1, 0.15) is 5.82 Å². The van der Waals surface area contributed by atoms with Crippen LogP contribution in [0.1, 0.15) is 37.3 Å². The topological polar surface area (TPSA) is 82.5 Å². The fraction of sp³-hybridized carbons (Fsp3) is 0.500. The van der Waals surface area contributed by atoms with Gasteiger partial charge in [0.05, 0.1) is 6.42 Å². The standard InChI is InChI=1S/C14H19N3O3/c1-17-8-2-3-11(17)10-4-5-12(15-9-10)16-13(18)6-7-14(19)20/h4-5,9,11H,2-3,6-8H2,1H3,(H,19,20)(H,15,16,18). The first-order chi connectivity index (χ1) is 9.56. The lowest BCUT2D eigenvalue weighted by molar-refractivity contribution is -0.138. The molecule has 20 heavy (non-hydrogen) atoms. The maximum absolute atomic E-state index is 11.5. The van der Waals surface area contributed by atoms with E-state index in [2.05, 4.69) is 22.2 Å². The number of nitrogens with zero attached hydrogens (tertiary/aromatic N) is 2. The van der Waals surface area contributed by atoms with Crippen LogP contribution in [0.3, 0.4) is 0 Å². The molecule has 0 aromatic carbocycles. The van der Waals surface area contributed by atoms with E-state index >= 15 is 0 Å². The molecule has 1 fully saturated rings. The monoisotopic (exact) mass is 277 g/mol. The van der Waals surface area contributed by atoms with Crippen LogP contribution in [0.25, 0.3) is 0 Å². The van der Waals surface area contributed by atoms with Crippen LogP contribution in [0, 0.1) is 0 Å². The van der Waals surface area contributed by atoms with Crippen molar-refractivity contribution in [3.05, 3.63) is 23.9 Å². The van der Waals surface area contributed by atoms with E-state index in [1.165, 1.54) is 6.42 Å². The highest BCUT2D eigenvalue weighted by atomic mass is 16.4. The zero-order chi connectivity index (χ0) is 14.5. The number of nitrogens with one attached hydrogen (secondary N) is 1. The second-order valence-corrected chi connectivity index (χ2v) is 5.06. The van der Waals surface area contributed by atoms with Gasteiger partial charge in [-0.1, -0.05) is 6.07 Å². The van der Waals surface area contributed by atoms with Gasteiger partial charge < -0.3 is 10.4 Å². The molecule has 2 rings (SSSR count). The van der Waals surface area contributed by atoms with E-state index in [9.17, 15) is 9.59 Å². The number of hydrogen-bond donors (Lipinski definition) is 2. The molecule has 1 aromatic rings. The number of anilines is 1. The molecule has 6 nitrogen and oxygen atoms in total. The van der Waals surface area contributed by atoms with Crippen LogP contribution in [0.4, 0.5) is 5.82 Å². The molecular formula is C14H19N3O3. The number of pyridine rings is 1. The highest BCUT2D eigenvalue weighted by molar-refractivity contribution is 5.91. The molecule has 0 saturated carbocycles. The molecule has 1 aromatic heterocycles. The van der Waals surface area contributed by atoms with E-state index in [0.717, 1.165) is 18.5 Å². The average Bonchev–Trinajstić information content (AvgIpc) is 2.84. The summed E-state index contributed by atoms with van der Waals surface area (Å²) in [6.45, 7) is 1.10. The Hall–Kier alpha value is -1.95. The maximum atomic E-state index is 11.5. The van der Waals surface area contributed by atoms with Gasteiger partial charge in [-0.15, -0.1) is 0 Å². The van der Waals surface area contributed by atoms with Gasteiger partial charge in [-0.25, -0.2) is 4.98 Å². The van der Waals surface area contributed by atoms with Crippen LogP contribution in [0.5, 0.6) is 0 Å². The SMILES string of the molecule is CN1CCCC1c1ccc(NC(=O)CCC(=O)O)nc1. The van der Waals surface area contributed by atoms with Gasteiger partial charge in [0.25, 0.3) is 0 Å². The number of likely N-dealkylation sites (tertiary alicyclic amines) is 1. The predicted octanol–water partition coefficient (Wildman–Crippen LogP) is 1.65. The van der Waals surface area contributed by atoms with E-state index in [0.29, 0.717) is 11.9 Å². The summed E-state index contributed by atoms with van der Waals surface area (Å²) in [4.78, 5) is 28.4. The van der Waals surface area contributed by atoms with Gasteiger partial charge in [0.15, 0.2) is 0 Å². The van der Waals surface area contributed by atoms with Crippen molar-refractivity contribution >= 4 is 17.7 Å². The molecule has 1 atom stereocenters. The molecule has 0 bridgehead atoms. The summed E-state index contributed by atoms with van der Waals surface area (Å²) in [5.74, 6) is -0.844. The molecule has 108 valence electrons. The minimum absolute atomic E-state index is 0.0376. The summed E-state index contributed by atoms with van der Waals surface area (Å²) in [6, 6.07) is 4.13. The maximum Gasteiger partial charge on any atom is 0.303 e. The Kier molecular flexibility index (Phi) is 4.68. The second-order valence-electron chi connectivity index (χ2n) is 5.06. The molecule has 1 aliphatic rings. The van der Waals surface area contributed by atoms with Crippen LogP contribution in [-0.2, 0) is 9.59 Å². The van der Waals surface area contributed by atoms with Crippen LogP contribution < -0.4 is 5.32 Å². The number of rotatable bonds is 5. The third kappa shape index (κ3) is 3.77. The van der Waals surface area contributed by atoms with Crippen molar-refractivity contribution in [1.29, 1.82) is 0 Å². The zero-order valence-electron chi connectivity index (χ0n) is 11.5. The van der Waals surface area contributed by atoms with Gasteiger partial charge in [0, 0.05) is 18.7 Å². The zero-order valence-corrected chi connectivity index (χ0v) is 11.5. The highest BCUT2D eigenvalue weighted by Crippen LogP contribution is 2.29. The van der Waals surface area contributed by atoms with Crippen LogP contribution in [0.15, 0.2) is 18.3 Å². The van der Waals surface area contributed by atoms with Gasteiger partial charge in [-0.2, -0.15) is 0 Å². The number of hydrogen-bond acceptors (Lipinski definition) is 4. The summed E-state index contributed by atoms with van der Waals surface area (Å²) >= 11 is 0. The summed E-state index contributed by atoms with van der Waals surface area (Å²) in [5, 5.41) is 11.1. The second kappa shape index (κ2) is 6.47. The predicted molar refractivity (Wildman–Crippen MR) is 74.3 cm³/mol. The van der Waals surface area contributed by atoms with Crippen molar-refractivity contribution in [3.63, 3.8) is 0 Å². The lowest BCUT2D eigenvalue weighted by Crippen LogP contribution is -2.18. The minimum Gasteiger partial charge on any atom is -0.481 e. The van der Waals surface area contributed by atoms with E-state index in [1.54, 1.807) is 12.3 Å². The van der Waals surface area contributed by atoms with Gasteiger partial charge in [-0.05, 0) is 38.1 Å². The number of aliphatic carboxylic acids is 1. The van der Waals surface area contributed by atoms with E-state index in [4.69, 9.17) is 5.11 Å². The number of carbonyl (C=O) groups excluding carboxylic acids is 1. The van der Waals surface area contributed by atoms with Crippen molar-refractivity contribution in [2.24, 2.45) is 0 Å². The van der Waals surface area contributed by atoms with Gasteiger partial charge >= 0.3 is 5.97 Å². The Balaban J connectivity index is 1.91. The van der Waals surface area contributed by atoms with Crippen molar-refractivity contribution < 1.29 is 14.7 Å². The van der Waals surface area contributed by atoms with Gasteiger partial charge in [0.2, 0.25) is 5.91 Å². The first-order valence-corrected chi connectivity index (χ1v) is 6.74. The summed E-state index contributed by atoms with van der Waals surface area (Å²) in [5.41, 5.74) is 1.15. The molecule has 1 unspecified atom stereocenters. The number of carboxylic acids is 1. The van der Waals surface area contributed by atoms with E-state index in [1.807, 2.05) is 6.07 Å². The molecule has 0 spiro atoms. The molecule has 0 radical (unpaired) electrons. The van der Waals surface area contributed by atoms with Crippen LogP contribution in [-0.4, -0.2) is 40.5 Å². The number of carboxylic acid groups (broad SMARTS) is 1. The van der Waals surface area contributed by atoms with Crippen LogP contribution in [0.2, 0.25) is 0 Å².